The highest BCUT2D eigenvalue weighted by atomic mass is 35.5. The van der Waals surface area contributed by atoms with E-state index in [1.807, 2.05) is 0 Å². The molecule has 0 aliphatic carbocycles. The summed E-state index contributed by atoms with van der Waals surface area (Å²) in [5, 5.41) is 7.14. The zero-order valence-corrected chi connectivity index (χ0v) is 13.7. The van der Waals surface area contributed by atoms with E-state index in [2.05, 4.69) is 15.8 Å². The molecule has 0 aliphatic rings. The number of benzene rings is 2. The Morgan fingerprint density at radius 3 is 2.57 bits per heavy atom. The number of rotatable bonds is 3. The van der Waals surface area contributed by atoms with Gasteiger partial charge in [0, 0.05) is 21.3 Å². The average molecular weight is 350 g/mol. The van der Waals surface area contributed by atoms with Gasteiger partial charge in [-0.15, -0.1) is 0 Å². The number of aryl methyl sites for hydroxylation is 1. The van der Waals surface area contributed by atoms with Crippen molar-refractivity contribution >= 4 is 46.9 Å². The highest BCUT2D eigenvalue weighted by Crippen LogP contribution is 2.20. The van der Waals surface area contributed by atoms with E-state index < -0.39 is 11.8 Å². The zero-order chi connectivity index (χ0) is 16.8. The van der Waals surface area contributed by atoms with Crippen molar-refractivity contribution in [3.63, 3.8) is 0 Å². The molecular formula is C16H13Cl2N3O2. The molecule has 5 nitrogen and oxygen atoms in total. The third-order valence-electron chi connectivity index (χ3n) is 2.93. The molecule has 2 aromatic carbocycles. The van der Waals surface area contributed by atoms with Crippen molar-refractivity contribution in [2.75, 3.05) is 5.32 Å². The summed E-state index contributed by atoms with van der Waals surface area (Å²) in [5.41, 5.74) is 4.02. The van der Waals surface area contributed by atoms with E-state index in [0.29, 0.717) is 21.3 Å². The number of hydrazone groups is 1. The first kappa shape index (κ1) is 17.0. The monoisotopic (exact) mass is 349 g/mol. The molecule has 0 saturated heterocycles. The van der Waals surface area contributed by atoms with Crippen LogP contribution in [0.25, 0.3) is 0 Å². The topological polar surface area (TPSA) is 70.6 Å². The number of carbonyl (C=O) groups excluding carboxylic acids is 2. The molecule has 2 amide bonds. The summed E-state index contributed by atoms with van der Waals surface area (Å²) in [4.78, 5) is 23.5. The number of halogens is 2. The summed E-state index contributed by atoms with van der Waals surface area (Å²) in [6.45, 7) is 1.79. The molecule has 0 heterocycles. The highest BCUT2D eigenvalue weighted by molar-refractivity contribution is 6.40. The number of carbonyl (C=O) groups is 2. The Hall–Kier alpha value is -2.37. The largest absolute Gasteiger partial charge is 0.329 e. The quantitative estimate of drug-likeness (QED) is 0.506. The Balaban J connectivity index is 1.97. The van der Waals surface area contributed by atoms with Gasteiger partial charge in [-0.1, -0.05) is 47.5 Å². The number of hydrogen-bond acceptors (Lipinski definition) is 3. The second-order valence-electron chi connectivity index (χ2n) is 4.63. The fourth-order valence-corrected chi connectivity index (χ4v) is 2.06. The van der Waals surface area contributed by atoms with Crippen LogP contribution in [0.3, 0.4) is 0 Å². The van der Waals surface area contributed by atoms with Crippen molar-refractivity contribution in [2.24, 2.45) is 5.10 Å². The van der Waals surface area contributed by atoms with E-state index in [9.17, 15) is 9.59 Å². The van der Waals surface area contributed by atoms with Crippen LogP contribution in [-0.4, -0.2) is 18.0 Å². The molecule has 23 heavy (non-hydrogen) atoms. The van der Waals surface area contributed by atoms with Crippen molar-refractivity contribution < 1.29 is 9.59 Å². The van der Waals surface area contributed by atoms with Crippen LogP contribution in [0.4, 0.5) is 5.69 Å². The van der Waals surface area contributed by atoms with Crippen molar-refractivity contribution in [3.8, 4) is 0 Å². The molecule has 0 aromatic heterocycles. The number of anilines is 1. The van der Waals surface area contributed by atoms with Crippen molar-refractivity contribution in [1.29, 1.82) is 0 Å². The van der Waals surface area contributed by atoms with Crippen LogP contribution in [-0.2, 0) is 9.59 Å². The van der Waals surface area contributed by atoms with Gasteiger partial charge in [-0.3, -0.25) is 9.59 Å². The van der Waals surface area contributed by atoms with Crippen LogP contribution in [0, 0.1) is 6.92 Å². The summed E-state index contributed by atoms with van der Waals surface area (Å²) >= 11 is 11.8. The van der Waals surface area contributed by atoms with Crippen LogP contribution < -0.4 is 10.7 Å². The van der Waals surface area contributed by atoms with Gasteiger partial charge in [0.05, 0.1) is 6.21 Å². The Morgan fingerprint density at radius 1 is 1.09 bits per heavy atom. The summed E-state index contributed by atoms with van der Waals surface area (Å²) in [5.74, 6) is -1.74. The Bertz CT molecular complexity index is 776. The van der Waals surface area contributed by atoms with Gasteiger partial charge in [-0.2, -0.15) is 5.10 Å². The predicted octanol–water partition coefficient (Wildman–Crippen LogP) is 3.39. The van der Waals surface area contributed by atoms with E-state index in [1.54, 1.807) is 49.4 Å². The van der Waals surface area contributed by atoms with Crippen molar-refractivity contribution in [1.82, 2.24) is 5.43 Å². The number of hydrogen-bond donors (Lipinski definition) is 2. The number of amides is 2. The van der Waals surface area contributed by atoms with Crippen LogP contribution in [0.1, 0.15) is 11.1 Å². The molecule has 118 valence electrons. The molecule has 0 aliphatic heterocycles. The Labute approximate surface area is 143 Å². The summed E-state index contributed by atoms with van der Waals surface area (Å²) < 4.78 is 0. The lowest BCUT2D eigenvalue weighted by Crippen LogP contribution is -2.32. The molecule has 0 unspecified atom stereocenters. The Kier molecular flexibility index (Phi) is 5.73. The standard InChI is InChI=1S/C16H13Cl2N3O2/c1-10-6-7-12(17)8-14(10)20-15(22)16(23)21-19-9-11-4-2-3-5-13(11)18/h2-9H,1H3,(H,20,22)(H,21,23)/b19-9-. The lowest BCUT2D eigenvalue weighted by atomic mass is 10.2. The molecule has 2 rings (SSSR count). The van der Waals surface area contributed by atoms with Crippen LogP contribution in [0.2, 0.25) is 10.0 Å². The summed E-state index contributed by atoms with van der Waals surface area (Å²) in [6, 6.07) is 12.0. The van der Waals surface area contributed by atoms with Gasteiger partial charge in [-0.05, 0) is 30.7 Å². The molecule has 7 heteroatoms. The van der Waals surface area contributed by atoms with Crippen molar-refractivity contribution in [2.45, 2.75) is 6.92 Å². The van der Waals surface area contributed by atoms with E-state index >= 15 is 0 Å². The summed E-state index contributed by atoms with van der Waals surface area (Å²) in [6.07, 6.45) is 1.36. The lowest BCUT2D eigenvalue weighted by molar-refractivity contribution is -0.136. The predicted molar refractivity (Wildman–Crippen MR) is 92.0 cm³/mol. The molecule has 0 saturated carbocycles. The van der Waals surface area contributed by atoms with E-state index in [4.69, 9.17) is 23.2 Å². The Morgan fingerprint density at radius 2 is 1.83 bits per heavy atom. The number of nitrogens with one attached hydrogen (secondary N) is 2. The number of nitrogens with zero attached hydrogens (tertiary/aromatic N) is 1. The molecule has 2 aromatic rings. The maximum atomic E-state index is 11.8. The molecule has 0 bridgehead atoms. The minimum Gasteiger partial charge on any atom is -0.317 e. The van der Waals surface area contributed by atoms with E-state index in [-0.39, 0.29) is 0 Å². The maximum Gasteiger partial charge on any atom is 0.329 e. The first-order chi connectivity index (χ1) is 11.0. The van der Waals surface area contributed by atoms with Gasteiger partial charge in [0.15, 0.2) is 0 Å². The highest BCUT2D eigenvalue weighted by Gasteiger charge is 2.14. The van der Waals surface area contributed by atoms with Gasteiger partial charge in [0.25, 0.3) is 0 Å². The SMILES string of the molecule is Cc1ccc(Cl)cc1NC(=O)C(=O)N/N=C\c1ccccc1Cl. The first-order valence-electron chi connectivity index (χ1n) is 6.62. The van der Waals surface area contributed by atoms with Crippen LogP contribution in [0.5, 0.6) is 0 Å². The van der Waals surface area contributed by atoms with Crippen molar-refractivity contribution in [3.05, 3.63) is 63.6 Å². The zero-order valence-electron chi connectivity index (χ0n) is 12.1. The molecule has 0 fully saturated rings. The van der Waals surface area contributed by atoms with E-state index in [1.165, 1.54) is 6.21 Å². The molecule has 2 N–H and O–H groups in total. The van der Waals surface area contributed by atoms with Crippen LogP contribution in [0.15, 0.2) is 47.6 Å². The molecule has 0 atom stereocenters. The fraction of sp³-hybridized carbons (Fsp3) is 0.0625. The van der Waals surface area contributed by atoms with E-state index in [0.717, 1.165) is 5.56 Å². The second kappa shape index (κ2) is 7.76. The first-order valence-corrected chi connectivity index (χ1v) is 7.38. The average Bonchev–Trinajstić information content (AvgIpc) is 2.52. The minimum atomic E-state index is -0.896. The summed E-state index contributed by atoms with van der Waals surface area (Å²) in [7, 11) is 0. The van der Waals surface area contributed by atoms with Gasteiger partial charge >= 0.3 is 11.8 Å². The minimum absolute atomic E-state index is 0.461. The smallest absolute Gasteiger partial charge is 0.317 e. The van der Waals surface area contributed by atoms with Gasteiger partial charge in [0.1, 0.15) is 0 Å². The van der Waals surface area contributed by atoms with Crippen LogP contribution >= 0.6 is 23.2 Å². The molecular weight excluding hydrogens is 337 g/mol. The third kappa shape index (κ3) is 4.81. The molecule has 0 spiro atoms. The van der Waals surface area contributed by atoms with Gasteiger partial charge in [0.2, 0.25) is 0 Å². The lowest BCUT2D eigenvalue weighted by Gasteiger charge is -2.07. The molecule has 0 radical (unpaired) electrons. The third-order valence-corrected chi connectivity index (χ3v) is 3.51. The second-order valence-corrected chi connectivity index (χ2v) is 5.48. The fourth-order valence-electron chi connectivity index (χ4n) is 1.70. The van der Waals surface area contributed by atoms with Gasteiger partial charge < -0.3 is 5.32 Å². The maximum absolute atomic E-state index is 11.8. The van der Waals surface area contributed by atoms with Gasteiger partial charge in [-0.25, -0.2) is 5.43 Å². The normalized spacial score (nSPS) is 10.6.